The van der Waals surface area contributed by atoms with Crippen molar-refractivity contribution in [3.8, 4) is 0 Å². The number of halogens is 2. The standard InChI is InChI=1S/C23H39ClN2O3.C15H24N2O3.C8H15ClO/c1-22(2,3)29-21(28)26-19(15-18-11-7-6-8-12-18)20(27)16-25-17-23(4,5)13-9-10-14-24;1-15(2,3)20-14(19)17-12(13(18)10-16)9-11-7-5-4-6-8-11;1-8(2,7-10)5-3-4-6-9/h6-8,11-12,19-20,25,27H,9-10,13-17H2,1-5H3,(H,26,28);4-8,12-13,18H,9-10,16H2,1-3H3,(H,17,19);7H,3-6H2,1-2H3/t19-,20+;12-,13+;/m00./s1. The van der Waals surface area contributed by atoms with E-state index in [1.165, 1.54) is 0 Å². The van der Waals surface area contributed by atoms with Crippen LogP contribution in [0.2, 0.25) is 0 Å². The minimum absolute atomic E-state index is 0.0767. The molecule has 0 aromatic heterocycles. The lowest BCUT2D eigenvalue weighted by Crippen LogP contribution is -2.50. The van der Waals surface area contributed by atoms with E-state index >= 15 is 0 Å². The number of benzene rings is 2. The summed E-state index contributed by atoms with van der Waals surface area (Å²) in [5, 5.41) is 29.6. The van der Waals surface area contributed by atoms with Gasteiger partial charge < -0.3 is 46.2 Å². The molecule has 4 atom stereocenters. The first-order chi connectivity index (χ1) is 27.5. The van der Waals surface area contributed by atoms with E-state index in [4.69, 9.17) is 38.4 Å². The van der Waals surface area contributed by atoms with Crippen LogP contribution in [0.4, 0.5) is 9.59 Å². The molecule has 0 radical (unpaired) electrons. The molecule has 2 rings (SSSR count). The van der Waals surface area contributed by atoms with E-state index in [0.717, 1.165) is 62.5 Å². The van der Waals surface area contributed by atoms with Crippen molar-refractivity contribution < 1.29 is 34.1 Å². The number of unbranched alkanes of at least 4 members (excludes halogenated alkanes) is 2. The summed E-state index contributed by atoms with van der Waals surface area (Å²) in [4.78, 5) is 34.5. The highest BCUT2D eigenvalue weighted by Crippen LogP contribution is 2.23. The molecular weight excluding hydrogens is 791 g/mol. The summed E-state index contributed by atoms with van der Waals surface area (Å²) in [5.41, 5.74) is 6.37. The fraction of sp³-hybridized carbons (Fsp3) is 0.674. The van der Waals surface area contributed by atoms with E-state index in [-0.39, 0.29) is 17.4 Å². The zero-order valence-corrected chi connectivity index (χ0v) is 39.1. The van der Waals surface area contributed by atoms with Crippen LogP contribution in [0.5, 0.6) is 0 Å². The van der Waals surface area contributed by atoms with Crippen molar-refractivity contribution in [2.75, 3.05) is 31.4 Å². The molecule has 7 N–H and O–H groups in total. The van der Waals surface area contributed by atoms with Gasteiger partial charge in [-0.2, -0.15) is 0 Å². The van der Waals surface area contributed by atoms with Crippen LogP contribution in [0, 0.1) is 10.8 Å². The van der Waals surface area contributed by atoms with Crippen molar-refractivity contribution in [3.05, 3.63) is 71.8 Å². The molecule has 0 bridgehead atoms. The Morgan fingerprint density at radius 2 is 1.08 bits per heavy atom. The summed E-state index contributed by atoms with van der Waals surface area (Å²) < 4.78 is 10.6. The van der Waals surface area contributed by atoms with Crippen LogP contribution in [0.15, 0.2) is 60.7 Å². The lowest BCUT2D eigenvalue weighted by molar-refractivity contribution is -0.115. The number of aldehydes is 1. The van der Waals surface area contributed by atoms with Gasteiger partial charge in [0, 0.05) is 36.8 Å². The first-order valence-corrected chi connectivity index (χ1v) is 22.0. The lowest BCUT2D eigenvalue weighted by atomic mass is 9.87. The number of rotatable bonds is 22. The van der Waals surface area contributed by atoms with Gasteiger partial charge in [0.15, 0.2) is 0 Å². The second kappa shape index (κ2) is 29.3. The van der Waals surface area contributed by atoms with Crippen molar-refractivity contribution in [1.29, 1.82) is 0 Å². The lowest BCUT2D eigenvalue weighted by Gasteiger charge is -2.29. The van der Waals surface area contributed by atoms with Gasteiger partial charge in [-0.05, 0) is 96.6 Å². The number of alkyl halides is 2. The maximum absolute atomic E-state index is 12.3. The summed E-state index contributed by atoms with van der Waals surface area (Å²) in [5.74, 6) is 1.40. The van der Waals surface area contributed by atoms with Crippen molar-refractivity contribution in [2.24, 2.45) is 16.6 Å². The number of carbonyl (C=O) groups is 3. The number of carbonyl (C=O) groups excluding carboxylic acids is 3. The summed E-state index contributed by atoms with van der Waals surface area (Å²) in [6.07, 6.45) is 5.63. The number of ether oxygens (including phenoxy) is 2. The van der Waals surface area contributed by atoms with Gasteiger partial charge in [0.2, 0.25) is 0 Å². The van der Waals surface area contributed by atoms with E-state index in [9.17, 15) is 24.6 Å². The van der Waals surface area contributed by atoms with Gasteiger partial charge in [-0.3, -0.25) is 0 Å². The Morgan fingerprint density at radius 1 is 0.678 bits per heavy atom. The molecule has 13 heteroatoms. The molecule has 338 valence electrons. The van der Waals surface area contributed by atoms with Gasteiger partial charge in [0.1, 0.15) is 17.5 Å². The third-order valence-corrected chi connectivity index (χ3v) is 9.42. The number of hydrogen-bond acceptors (Lipinski definition) is 9. The normalized spacial score (nSPS) is 13.9. The predicted octanol–water partition coefficient (Wildman–Crippen LogP) is 8.57. The maximum atomic E-state index is 12.3. The number of hydrogen-bond donors (Lipinski definition) is 6. The molecule has 2 amide bonds. The minimum atomic E-state index is -0.817. The summed E-state index contributed by atoms with van der Waals surface area (Å²) in [6.45, 7) is 20.4. The minimum Gasteiger partial charge on any atom is -0.444 e. The van der Waals surface area contributed by atoms with Crippen LogP contribution in [0.25, 0.3) is 0 Å². The molecule has 0 saturated carbocycles. The Labute approximate surface area is 366 Å². The molecule has 0 aliphatic rings. The van der Waals surface area contributed by atoms with Gasteiger partial charge in [-0.15, -0.1) is 23.2 Å². The van der Waals surface area contributed by atoms with Crippen LogP contribution >= 0.6 is 23.2 Å². The van der Waals surface area contributed by atoms with Crippen molar-refractivity contribution >= 4 is 41.7 Å². The molecule has 0 aliphatic carbocycles. The maximum Gasteiger partial charge on any atom is 0.407 e. The number of aliphatic hydroxyl groups is 2. The highest BCUT2D eigenvalue weighted by Gasteiger charge is 2.27. The highest BCUT2D eigenvalue weighted by molar-refractivity contribution is 6.18. The van der Waals surface area contributed by atoms with Gasteiger partial charge in [-0.25, -0.2) is 9.59 Å². The van der Waals surface area contributed by atoms with Crippen molar-refractivity contribution in [3.63, 3.8) is 0 Å². The Morgan fingerprint density at radius 3 is 1.46 bits per heavy atom. The number of nitrogens with two attached hydrogens (primary N) is 1. The molecule has 0 saturated heterocycles. The second-order valence-electron chi connectivity index (χ2n) is 18.4. The first-order valence-electron chi connectivity index (χ1n) is 20.9. The number of aliphatic hydroxyl groups excluding tert-OH is 2. The quantitative estimate of drug-likeness (QED) is 0.0385. The van der Waals surface area contributed by atoms with Gasteiger partial charge >= 0.3 is 12.2 Å². The van der Waals surface area contributed by atoms with E-state index in [2.05, 4.69) is 29.8 Å². The molecule has 0 unspecified atom stereocenters. The van der Waals surface area contributed by atoms with Crippen LogP contribution in [0.3, 0.4) is 0 Å². The predicted molar refractivity (Wildman–Crippen MR) is 243 cm³/mol. The van der Waals surface area contributed by atoms with Gasteiger partial charge in [-0.1, -0.05) is 101 Å². The summed E-state index contributed by atoms with van der Waals surface area (Å²) in [7, 11) is 0. The average Bonchev–Trinajstić information content (AvgIpc) is 3.14. The van der Waals surface area contributed by atoms with Crippen LogP contribution in [-0.2, 0) is 27.1 Å². The second-order valence-corrected chi connectivity index (χ2v) is 19.2. The zero-order valence-electron chi connectivity index (χ0n) is 37.6. The van der Waals surface area contributed by atoms with Crippen molar-refractivity contribution in [2.45, 2.75) is 156 Å². The van der Waals surface area contributed by atoms with Gasteiger partial charge in [0.25, 0.3) is 0 Å². The van der Waals surface area contributed by atoms with E-state index in [1.54, 1.807) is 20.8 Å². The zero-order chi connectivity index (χ0) is 45.1. The Bertz CT molecular complexity index is 1400. The summed E-state index contributed by atoms with van der Waals surface area (Å²) in [6, 6.07) is 18.5. The third-order valence-electron chi connectivity index (χ3n) is 8.89. The van der Waals surface area contributed by atoms with Crippen molar-refractivity contribution in [1.82, 2.24) is 16.0 Å². The van der Waals surface area contributed by atoms with E-state index in [1.807, 2.05) is 95.3 Å². The van der Waals surface area contributed by atoms with Crippen LogP contribution in [-0.4, -0.2) is 95.6 Å². The fourth-order valence-electron chi connectivity index (χ4n) is 5.61. The number of nitrogens with one attached hydrogen (secondary N) is 3. The van der Waals surface area contributed by atoms with E-state index < -0.39 is 47.7 Å². The molecular formula is C46H78Cl2N4O7. The number of alkyl carbamates (subject to hydrolysis) is 2. The molecule has 0 aliphatic heterocycles. The summed E-state index contributed by atoms with van der Waals surface area (Å²) >= 11 is 11.3. The molecule has 59 heavy (non-hydrogen) atoms. The monoisotopic (exact) mass is 869 g/mol. The molecule has 2 aromatic rings. The molecule has 2 aromatic carbocycles. The molecule has 0 spiro atoms. The fourth-order valence-corrected chi connectivity index (χ4v) is 5.98. The molecule has 0 fully saturated rings. The van der Waals surface area contributed by atoms with Crippen LogP contribution < -0.4 is 21.7 Å². The smallest absolute Gasteiger partial charge is 0.407 e. The topological polar surface area (TPSA) is 172 Å². The SMILES string of the molecule is CC(C)(C)OC(=O)N[C@@H](Cc1ccccc1)[C@H](O)CN.CC(C)(C=O)CCCCCl.CC(C)(CCCCCl)CNC[C@@H](O)[C@H](Cc1ccccc1)NC(=O)OC(C)(C)C. The van der Waals surface area contributed by atoms with E-state index in [0.29, 0.717) is 31.1 Å². The third kappa shape index (κ3) is 30.7. The molecule has 11 nitrogen and oxygen atoms in total. The average molecular weight is 870 g/mol. The Hall–Kier alpha value is -2.93. The van der Waals surface area contributed by atoms with Gasteiger partial charge in [0.05, 0.1) is 24.3 Å². The van der Waals surface area contributed by atoms with Crippen LogP contribution in [0.1, 0.15) is 119 Å². The highest BCUT2D eigenvalue weighted by atomic mass is 35.5. The molecule has 0 heterocycles. The number of amides is 2. The first kappa shape index (κ1) is 56.1. The Kier molecular flexibility index (Phi) is 27.9. The largest absolute Gasteiger partial charge is 0.444 e. The Balaban J connectivity index is 0.000000965.